The van der Waals surface area contributed by atoms with Crippen LogP contribution in [-0.4, -0.2) is 42.5 Å². The van der Waals surface area contributed by atoms with Crippen LogP contribution in [0.1, 0.15) is 32.6 Å². The maximum Gasteiger partial charge on any atom is 0.391 e. The van der Waals surface area contributed by atoms with Crippen LogP contribution in [0.15, 0.2) is 0 Å². The third-order valence-corrected chi connectivity index (χ3v) is 3.34. The molecule has 1 aliphatic carbocycles. The van der Waals surface area contributed by atoms with Crippen LogP contribution in [0.5, 0.6) is 0 Å². The number of aliphatic hydroxyl groups is 1. The number of hydrogen-bond acceptors (Lipinski definition) is 3. The molecule has 0 spiro atoms. The quantitative estimate of drug-likeness (QED) is 0.806. The number of rotatable bonds is 5. The average molecular weight is 283 g/mol. The average Bonchev–Trinajstić information content (AvgIpc) is 2.33. The molecule has 0 aromatic heterocycles. The first-order chi connectivity index (χ1) is 8.77. The molecule has 0 heterocycles. The molecule has 0 radical (unpaired) electrons. The summed E-state index contributed by atoms with van der Waals surface area (Å²) in [4.78, 5) is 11.3. The fraction of sp³-hybridized carbons (Fsp3) is 0.917. The van der Waals surface area contributed by atoms with E-state index in [1.807, 2.05) is 0 Å². The largest absolute Gasteiger partial charge is 0.391 e. The van der Waals surface area contributed by atoms with Crippen molar-refractivity contribution < 1.29 is 27.8 Å². The second-order valence-corrected chi connectivity index (χ2v) is 4.97. The van der Waals surface area contributed by atoms with E-state index in [2.05, 4.69) is 5.32 Å². The zero-order chi connectivity index (χ0) is 14.5. The summed E-state index contributed by atoms with van der Waals surface area (Å²) >= 11 is 0. The Hall–Kier alpha value is -0.820. The predicted molar refractivity (Wildman–Crippen MR) is 62.5 cm³/mol. The molecular formula is C12H20F3NO3. The van der Waals surface area contributed by atoms with Gasteiger partial charge in [0, 0.05) is 13.2 Å². The summed E-state index contributed by atoms with van der Waals surface area (Å²) in [6.07, 6.45) is -4.02. The second kappa shape index (κ2) is 6.56. The van der Waals surface area contributed by atoms with E-state index in [0.29, 0.717) is 13.0 Å². The zero-order valence-electron chi connectivity index (χ0n) is 10.9. The summed E-state index contributed by atoms with van der Waals surface area (Å²) in [6, 6.07) is 0. The minimum absolute atomic E-state index is 0.0404. The van der Waals surface area contributed by atoms with E-state index in [-0.39, 0.29) is 32.4 Å². The smallest absolute Gasteiger partial charge is 0.388 e. The number of halogens is 3. The monoisotopic (exact) mass is 283 g/mol. The Morgan fingerprint density at radius 2 is 2.21 bits per heavy atom. The molecule has 1 amide bonds. The lowest BCUT2D eigenvalue weighted by Crippen LogP contribution is -2.48. The van der Waals surface area contributed by atoms with E-state index in [1.165, 1.54) is 0 Å². The van der Waals surface area contributed by atoms with Gasteiger partial charge >= 0.3 is 6.18 Å². The molecule has 19 heavy (non-hydrogen) atoms. The topological polar surface area (TPSA) is 58.6 Å². The number of carbonyl (C=O) groups is 1. The fourth-order valence-corrected chi connectivity index (χ4v) is 2.29. The maximum atomic E-state index is 12.6. The van der Waals surface area contributed by atoms with Gasteiger partial charge in [0.2, 0.25) is 5.91 Å². The minimum atomic E-state index is -4.29. The molecule has 1 aliphatic rings. The molecule has 4 nitrogen and oxygen atoms in total. The lowest BCUT2D eigenvalue weighted by molar-refractivity contribution is -0.200. The molecule has 2 atom stereocenters. The molecule has 112 valence electrons. The highest BCUT2D eigenvalue weighted by Gasteiger charge is 2.46. The summed E-state index contributed by atoms with van der Waals surface area (Å²) in [5.41, 5.74) is -1.47. The third kappa shape index (κ3) is 5.36. The molecule has 1 fully saturated rings. The summed E-state index contributed by atoms with van der Waals surface area (Å²) < 4.78 is 42.8. The number of amides is 1. The van der Waals surface area contributed by atoms with Crippen LogP contribution in [0.25, 0.3) is 0 Å². The summed E-state index contributed by atoms with van der Waals surface area (Å²) in [5.74, 6) is -1.92. The minimum Gasteiger partial charge on any atom is -0.388 e. The van der Waals surface area contributed by atoms with Crippen LogP contribution in [-0.2, 0) is 9.53 Å². The van der Waals surface area contributed by atoms with Crippen molar-refractivity contribution in [1.82, 2.24) is 5.32 Å². The molecule has 1 saturated carbocycles. The van der Waals surface area contributed by atoms with Gasteiger partial charge < -0.3 is 15.2 Å². The van der Waals surface area contributed by atoms with Crippen molar-refractivity contribution in [3.05, 3.63) is 0 Å². The first kappa shape index (κ1) is 16.2. The number of ether oxygens (including phenoxy) is 1. The van der Waals surface area contributed by atoms with Gasteiger partial charge in [-0.15, -0.1) is 0 Å². The van der Waals surface area contributed by atoms with Gasteiger partial charge in [-0.1, -0.05) is 0 Å². The molecule has 0 aromatic rings. The molecule has 2 N–H and O–H groups in total. The highest BCUT2D eigenvalue weighted by atomic mass is 19.4. The Balaban J connectivity index is 2.45. The number of nitrogens with one attached hydrogen (secondary N) is 1. The molecule has 7 heteroatoms. The highest BCUT2D eigenvalue weighted by molar-refractivity contribution is 5.77. The van der Waals surface area contributed by atoms with Crippen LogP contribution in [0, 0.1) is 5.92 Å². The van der Waals surface area contributed by atoms with Gasteiger partial charge in [0.1, 0.15) is 6.61 Å². The van der Waals surface area contributed by atoms with Crippen LogP contribution in [0.3, 0.4) is 0 Å². The first-order valence-corrected chi connectivity index (χ1v) is 6.40. The van der Waals surface area contributed by atoms with E-state index in [4.69, 9.17) is 4.74 Å². The second-order valence-electron chi connectivity index (χ2n) is 4.97. The van der Waals surface area contributed by atoms with Crippen LogP contribution in [0.4, 0.5) is 13.2 Å². The number of alkyl halides is 3. The summed E-state index contributed by atoms with van der Waals surface area (Å²) in [7, 11) is 0. The van der Waals surface area contributed by atoms with E-state index >= 15 is 0 Å². The lowest BCUT2D eigenvalue weighted by atomic mass is 9.77. The molecule has 2 unspecified atom stereocenters. The molecule has 0 bridgehead atoms. The summed E-state index contributed by atoms with van der Waals surface area (Å²) in [5, 5.41) is 12.5. The van der Waals surface area contributed by atoms with Crippen molar-refractivity contribution in [1.29, 1.82) is 0 Å². The van der Waals surface area contributed by atoms with Gasteiger partial charge in [0.05, 0.1) is 11.5 Å². The van der Waals surface area contributed by atoms with E-state index in [1.54, 1.807) is 6.92 Å². The summed E-state index contributed by atoms with van der Waals surface area (Å²) in [6.45, 7) is 1.81. The van der Waals surface area contributed by atoms with Crippen LogP contribution in [0.2, 0.25) is 0 Å². The van der Waals surface area contributed by atoms with Crippen molar-refractivity contribution in [3.63, 3.8) is 0 Å². The predicted octanol–water partition coefficient (Wildman–Crippen LogP) is 1.62. The van der Waals surface area contributed by atoms with Crippen molar-refractivity contribution >= 4 is 5.91 Å². The van der Waals surface area contributed by atoms with Gasteiger partial charge in [-0.05, 0) is 32.6 Å². The standard InChI is InChI=1S/C12H20F3NO3/c1-2-19-7-10(17)16-8-11(18)5-3-4-9(6-11)12(13,14)15/h9,18H,2-8H2,1H3,(H,16,17). The Morgan fingerprint density at radius 3 is 2.79 bits per heavy atom. The maximum absolute atomic E-state index is 12.6. The third-order valence-electron chi connectivity index (χ3n) is 3.34. The SMILES string of the molecule is CCOCC(=O)NCC1(O)CCCC(C(F)(F)F)C1. The number of hydrogen-bond donors (Lipinski definition) is 2. The molecule has 1 rings (SSSR count). The van der Waals surface area contributed by atoms with E-state index < -0.39 is 23.6 Å². The Bertz CT molecular complexity index is 309. The van der Waals surface area contributed by atoms with Gasteiger partial charge in [0.25, 0.3) is 0 Å². The lowest BCUT2D eigenvalue weighted by Gasteiger charge is -2.37. The molecule has 0 saturated heterocycles. The first-order valence-electron chi connectivity index (χ1n) is 6.40. The van der Waals surface area contributed by atoms with Gasteiger partial charge in [-0.25, -0.2) is 0 Å². The van der Waals surface area contributed by atoms with Crippen molar-refractivity contribution in [2.24, 2.45) is 5.92 Å². The van der Waals surface area contributed by atoms with E-state index in [9.17, 15) is 23.1 Å². The normalized spacial score (nSPS) is 28.2. The van der Waals surface area contributed by atoms with Gasteiger partial charge in [-0.2, -0.15) is 13.2 Å². The molecular weight excluding hydrogens is 263 g/mol. The van der Waals surface area contributed by atoms with E-state index in [0.717, 1.165) is 0 Å². The van der Waals surface area contributed by atoms with Gasteiger partial charge in [-0.3, -0.25) is 4.79 Å². The molecule has 0 aromatic carbocycles. The van der Waals surface area contributed by atoms with Crippen LogP contribution >= 0.6 is 0 Å². The Morgan fingerprint density at radius 1 is 1.53 bits per heavy atom. The Kier molecular flexibility index (Phi) is 5.61. The zero-order valence-corrected chi connectivity index (χ0v) is 10.9. The number of carbonyl (C=O) groups excluding carboxylic acids is 1. The molecule has 0 aliphatic heterocycles. The van der Waals surface area contributed by atoms with Crippen LogP contribution < -0.4 is 5.32 Å². The van der Waals surface area contributed by atoms with Gasteiger partial charge in [0.15, 0.2) is 0 Å². The van der Waals surface area contributed by atoms with Crippen molar-refractivity contribution in [3.8, 4) is 0 Å². The Labute approximate surface area is 110 Å². The van der Waals surface area contributed by atoms with Crippen molar-refractivity contribution in [2.75, 3.05) is 19.8 Å². The van der Waals surface area contributed by atoms with Crippen molar-refractivity contribution in [2.45, 2.75) is 44.4 Å². The fourth-order valence-electron chi connectivity index (χ4n) is 2.29. The highest BCUT2D eigenvalue weighted by Crippen LogP contribution is 2.41.